The maximum Gasteiger partial charge on any atom is 0.270 e. The summed E-state index contributed by atoms with van der Waals surface area (Å²) in [5.74, 6) is 0.231. The zero-order chi connectivity index (χ0) is 19.9. The Bertz CT molecular complexity index is 929. The van der Waals surface area contributed by atoms with Crippen LogP contribution in [0.2, 0.25) is 5.02 Å². The lowest BCUT2D eigenvalue weighted by Crippen LogP contribution is -2.28. The number of aromatic nitrogens is 2. The van der Waals surface area contributed by atoms with E-state index in [9.17, 15) is 4.79 Å². The Morgan fingerprint density at radius 3 is 2.50 bits per heavy atom. The van der Waals surface area contributed by atoms with Crippen LogP contribution in [0.1, 0.15) is 40.3 Å². The maximum absolute atomic E-state index is 12.6. The Morgan fingerprint density at radius 1 is 1.07 bits per heavy atom. The number of aryl methyl sites for hydroxylation is 1. The van der Waals surface area contributed by atoms with E-state index in [4.69, 9.17) is 11.6 Å². The van der Waals surface area contributed by atoms with Gasteiger partial charge in [-0.05, 0) is 49.6 Å². The van der Waals surface area contributed by atoms with E-state index >= 15 is 0 Å². The molecule has 0 bridgehead atoms. The first-order chi connectivity index (χ1) is 13.5. The minimum atomic E-state index is -0.220. The van der Waals surface area contributed by atoms with Crippen molar-refractivity contribution in [1.82, 2.24) is 15.3 Å². The number of anilines is 1. The van der Waals surface area contributed by atoms with Crippen LogP contribution >= 0.6 is 11.6 Å². The highest BCUT2D eigenvalue weighted by molar-refractivity contribution is 6.30. The van der Waals surface area contributed by atoms with Crippen LogP contribution in [0, 0.1) is 6.92 Å². The Kier molecular flexibility index (Phi) is 6.61. The monoisotopic (exact) mass is 394 g/mol. The van der Waals surface area contributed by atoms with Gasteiger partial charge in [0.2, 0.25) is 5.95 Å². The normalized spacial score (nSPS) is 11.7. The molecule has 1 atom stereocenters. The van der Waals surface area contributed by atoms with Crippen LogP contribution in [0.3, 0.4) is 0 Å². The van der Waals surface area contributed by atoms with Gasteiger partial charge in [-0.2, -0.15) is 0 Å². The minimum absolute atomic E-state index is 0.106. The standard InChI is InChI=1S/C22H23ClN4O/c1-15-14-20(21(28)26-16(2)18-6-4-3-5-7-18)27-22(25-15)24-13-12-17-8-10-19(23)11-9-17/h3-11,14,16H,12-13H2,1-2H3,(H,26,28)(H,24,25,27). The van der Waals surface area contributed by atoms with E-state index in [-0.39, 0.29) is 11.9 Å². The van der Waals surface area contributed by atoms with Crippen LogP contribution in [-0.2, 0) is 6.42 Å². The molecule has 28 heavy (non-hydrogen) atoms. The zero-order valence-electron chi connectivity index (χ0n) is 15.9. The van der Waals surface area contributed by atoms with E-state index in [1.165, 1.54) is 5.56 Å². The number of carbonyl (C=O) groups excluding carboxylic acids is 1. The fraction of sp³-hybridized carbons (Fsp3) is 0.227. The number of rotatable bonds is 7. The number of carbonyl (C=O) groups is 1. The molecule has 2 N–H and O–H groups in total. The summed E-state index contributed by atoms with van der Waals surface area (Å²) in [5, 5.41) is 6.90. The van der Waals surface area contributed by atoms with Crippen molar-refractivity contribution >= 4 is 23.5 Å². The number of nitrogens with one attached hydrogen (secondary N) is 2. The van der Waals surface area contributed by atoms with Crippen molar-refractivity contribution in [2.24, 2.45) is 0 Å². The lowest BCUT2D eigenvalue weighted by molar-refractivity contribution is 0.0934. The van der Waals surface area contributed by atoms with Gasteiger partial charge in [0.15, 0.2) is 0 Å². The van der Waals surface area contributed by atoms with Crippen molar-refractivity contribution in [2.45, 2.75) is 26.3 Å². The molecule has 5 nitrogen and oxygen atoms in total. The van der Waals surface area contributed by atoms with Gasteiger partial charge < -0.3 is 10.6 Å². The van der Waals surface area contributed by atoms with Crippen LogP contribution in [0.25, 0.3) is 0 Å². The van der Waals surface area contributed by atoms with Crippen molar-refractivity contribution in [1.29, 1.82) is 0 Å². The van der Waals surface area contributed by atoms with Crippen molar-refractivity contribution in [3.63, 3.8) is 0 Å². The molecule has 144 valence electrons. The molecule has 0 saturated carbocycles. The van der Waals surface area contributed by atoms with Gasteiger partial charge in [0, 0.05) is 17.3 Å². The third kappa shape index (κ3) is 5.54. The van der Waals surface area contributed by atoms with Gasteiger partial charge >= 0.3 is 0 Å². The lowest BCUT2D eigenvalue weighted by Gasteiger charge is -2.14. The smallest absolute Gasteiger partial charge is 0.270 e. The van der Waals surface area contributed by atoms with E-state index in [0.717, 1.165) is 22.7 Å². The first-order valence-corrected chi connectivity index (χ1v) is 9.59. The van der Waals surface area contributed by atoms with Crippen LogP contribution in [-0.4, -0.2) is 22.4 Å². The summed E-state index contributed by atoms with van der Waals surface area (Å²) in [5.41, 5.74) is 3.30. The van der Waals surface area contributed by atoms with Crippen LogP contribution in [0.5, 0.6) is 0 Å². The molecule has 0 aliphatic rings. The van der Waals surface area contributed by atoms with Crippen molar-refractivity contribution < 1.29 is 4.79 Å². The van der Waals surface area contributed by atoms with Crippen molar-refractivity contribution in [3.8, 4) is 0 Å². The summed E-state index contributed by atoms with van der Waals surface area (Å²) in [4.78, 5) is 21.4. The second-order valence-corrected chi connectivity index (χ2v) is 7.06. The highest BCUT2D eigenvalue weighted by Gasteiger charge is 2.14. The first kappa shape index (κ1) is 19.8. The summed E-state index contributed by atoms with van der Waals surface area (Å²) in [7, 11) is 0. The molecule has 6 heteroatoms. The van der Waals surface area contributed by atoms with E-state index in [0.29, 0.717) is 18.2 Å². The van der Waals surface area contributed by atoms with Gasteiger partial charge in [-0.25, -0.2) is 9.97 Å². The van der Waals surface area contributed by atoms with E-state index in [2.05, 4.69) is 20.6 Å². The highest BCUT2D eigenvalue weighted by Crippen LogP contribution is 2.13. The quantitative estimate of drug-likeness (QED) is 0.615. The number of nitrogens with zero attached hydrogens (tertiary/aromatic N) is 2. The van der Waals surface area contributed by atoms with Crippen LogP contribution in [0.4, 0.5) is 5.95 Å². The molecule has 1 unspecified atom stereocenters. The third-order valence-corrected chi connectivity index (χ3v) is 4.60. The molecule has 1 amide bonds. The van der Waals surface area contributed by atoms with E-state index in [1.54, 1.807) is 6.07 Å². The number of benzene rings is 2. The molecule has 0 saturated heterocycles. The van der Waals surface area contributed by atoms with Gasteiger partial charge in [0.25, 0.3) is 5.91 Å². The molecule has 0 fully saturated rings. The fourth-order valence-electron chi connectivity index (χ4n) is 2.83. The minimum Gasteiger partial charge on any atom is -0.354 e. The first-order valence-electron chi connectivity index (χ1n) is 9.21. The van der Waals surface area contributed by atoms with Gasteiger partial charge in [-0.15, -0.1) is 0 Å². The second-order valence-electron chi connectivity index (χ2n) is 6.63. The van der Waals surface area contributed by atoms with Crippen molar-refractivity contribution in [2.75, 3.05) is 11.9 Å². The second kappa shape index (κ2) is 9.33. The lowest BCUT2D eigenvalue weighted by atomic mass is 10.1. The third-order valence-electron chi connectivity index (χ3n) is 4.34. The summed E-state index contributed by atoms with van der Waals surface area (Å²) in [6.45, 7) is 4.46. The molecule has 1 heterocycles. The molecule has 0 aliphatic heterocycles. The fourth-order valence-corrected chi connectivity index (χ4v) is 2.96. The molecule has 1 aromatic heterocycles. The highest BCUT2D eigenvalue weighted by atomic mass is 35.5. The molecule has 0 spiro atoms. The predicted molar refractivity (Wildman–Crippen MR) is 113 cm³/mol. The van der Waals surface area contributed by atoms with Gasteiger partial charge in [-0.3, -0.25) is 4.79 Å². The topological polar surface area (TPSA) is 66.9 Å². The number of halogens is 1. The number of hydrogen-bond donors (Lipinski definition) is 2. The zero-order valence-corrected chi connectivity index (χ0v) is 16.7. The number of amides is 1. The van der Waals surface area contributed by atoms with Gasteiger partial charge in [0.05, 0.1) is 6.04 Å². The Labute approximate surface area is 170 Å². The molecule has 3 rings (SSSR count). The van der Waals surface area contributed by atoms with Gasteiger partial charge in [-0.1, -0.05) is 54.1 Å². The number of hydrogen-bond acceptors (Lipinski definition) is 4. The average molecular weight is 395 g/mol. The molecular formula is C22H23ClN4O. The van der Waals surface area contributed by atoms with Gasteiger partial charge in [0.1, 0.15) is 5.69 Å². The molecule has 0 radical (unpaired) electrons. The summed E-state index contributed by atoms with van der Waals surface area (Å²) in [6, 6.07) is 19.1. The average Bonchev–Trinajstić information content (AvgIpc) is 2.69. The molecular weight excluding hydrogens is 372 g/mol. The van der Waals surface area contributed by atoms with Crippen molar-refractivity contribution in [3.05, 3.63) is 88.2 Å². The Hall–Kier alpha value is -2.92. The molecule has 0 aliphatic carbocycles. The predicted octanol–water partition coefficient (Wildman–Crippen LogP) is 4.58. The van der Waals surface area contributed by atoms with E-state index < -0.39 is 0 Å². The Balaban J connectivity index is 1.62. The molecule has 3 aromatic rings. The molecule has 2 aromatic carbocycles. The maximum atomic E-state index is 12.6. The van der Waals surface area contributed by atoms with E-state index in [1.807, 2.05) is 68.4 Å². The Morgan fingerprint density at radius 2 is 1.79 bits per heavy atom. The summed E-state index contributed by atoms with van der Waals surface area (Å²) in [6.07, 6.45) is 0.807. The largest absolute Gasteiger partial charge is 0.354 e. The SMILES string of the molecule is Cc1cc(C(=O)NC(C)c2ccccc2)nc(NCCc2ccc(Cl)cc2)n1. The van der Waals surface area contributed by atoms with Crippen LogP contribution in [0.15, 0.2) is 60.7 Å². The summed E-state index contributed by atoms with van der Waals surface area (Å²) < 4.78 is 0. The summed E-state index contributed by atoms with van der Waals surface area (Å²) >= 11 is 5.91. The van der Waals surface area contributed by atoms with Crippen LogP contribution < -0.4 is 10.6 Å².